The molecular formula is C73H44N2O2. The van der Waals surface area contributed by atoms with Gasteiger partial charge in [0.05, 0.1) is 16.8 Å². The summed E-state index contributed by atoms with van der Waals surface area (Å²) in [5.74, 6) is 0. The highest BCUT2D eigenvalue weighted by molar-refractivity contribution is 6.13. The van der Waals surface area contributed by atoms with Gasteiger partial charge in [0.2, 0.25) is 0 Å². The molecule has 15 aromatic rings. The normalized spacial score (nSPS) is 13.0. The van der Waals surface area contributed by atoms with Gasteiger partial charge in [0, 0.05) is 44.3 Å². The summed E-state index contributed by atoms with van der Waals surface area (Å²) in [6, 6.07) is 97.7. The third-order valence-electron chi connectivity index (χ3n) is 16.7. The molecule has 0 unspecified atom stereocenters. The van der Waals surface area contributed by atoms with Gasteiger partial charge in [0.1, 0.15) is 11.2 Å². The smallest absolute Gasteiger partial charge is 0.159 e. The first-order chi connectivity index (χ1) is 38.2. The second-order valence-corrected chi connectivity index (χ2v) is 20.7. The van der Waals surface area contributed by atoms with E-state index in [1.54, 1.807) is 0 Å². The first kappa shape index (κ1) is 42.2. The van der Waals surface area contributed by atoms with Crippen LogP contribution in [0.5, 0.6) is 0 Å². The molecule has 4 nitrogen and oxygen atoms in total. The first-order valence-corrected chi connectivity index (χ1v) is 26.5. The molecule has 1 spiro atoms. The van der Waals surface area contributed by atoms with Crippen LogP contribution < -0.4 is 9.80 Å². The van der Waals surface area contributed by atoms with Crippen LogP contribution in [-0.4, -0.2) is 0 Å². The fourth-order valence-corrected chi connectivity index (χ4v) is 13.5. The van der Waals surface area contributed by atoms with Crippen LogP contribution >= 0.6 is 0 Å². The highest BCUT2D eigenvalue weighted by Gasteiger charge is 2.52. The number of anilines is 6. The van der Waals surface area contributed by atoms with Crippen molar-refractivity contribution in [1.82, 2.24) is 0 Å². The zero-order chi connectivity index (χ0) is 50.3. The lowest BCUT2D eigenvalue weighted by molar-refractivity contribution is 0.668. The summed E-state index contributed by atoms with van der Waals surface area (Å²) in [6.45, 7) is 0. The van der Waals surface area contributed by atoms with E-state index in [2.05, 4.69) is 265 Å². The van der Waals surface area contributed by atoms with Crippen molar-refractivity contribution >= 4 is 110 Å². The van der Waals surface area contributed by atoms with Gasteiger partial charge in [0.25, 0.3) is 0 Å². The summed E-state index contributed by atoms with van der Waals surface area (Å²) in [5, 5.41) is 11.6. The van der Waals surface area contributed by atoms with Crippen LogP contribution in [0.1, 0.15) is 22.3 Å². The Kier molecular flexibility index (Phi) is 8.73. The minimum Gasteiger partial charge on any atom is -0.454 e. The minimum atomic E-state index is -0.618. The standard InChI is InChI=1S/C73H44N2O2/c1-3-18-50(19-4-1)74(66-29-15-26-57-55-23-10-13-31-68(55)76-71(57)66)52-36-33-46-41-60-61-42-47-34-37-53(75(51-20-5-2-6-21-51)67-30-16-27-58-56-24-11-14-32-69(56)77-72(58)67)40-49(47)44-65(61)73(64(60)43-48(46)39-52)62-28-12-9-25-59(62)70-54-22-8-7-17-45(54)35-38-63(70)73/h1-44H. The van der Waals surface area contributed by atoms with Crippen LogP contribution in [0.25, 0.3) is 98.4 Å². The lowest BCUT2D eigenvalue weighted by atomic mass is 9.70. The van der Waals surface area contributed by atoms with Gasteiger partial charge in [-0.25, -0.2) is 0 Å². The van der Waals surface area contributed by atoms with Gasteiger partial charge < -0.3 is 18.6 Å². The van der Waals surface area contributed by atoms with Crippen molar-refractivity contribution in [3.63, 3.8) is 0 Å². The maximum Gasteiger partial charge on any atom is 0.159 e. The van der Waals surface area contributed by atoms with E-state index in [0.29, 0.717) is 0 Å². The molecule has 0 saturated carbocycles. The van der Waals surface area contributed by atoms with Crippen molar-refractivity contribution in [3.05, 3.63) is 289 Å². The number of benzene rings is 13. The molecule has 77 heavy (non-hydrogen) atoms. The average molecular weight is 981 g/mol. The summed E-state index contributed by atoms with van der Waals surface area (Å²) in [6.07, 6.45) is 0. The molecule has 0 N–H and O–H groups in total. The maximum atomic E-state index is 6.73. The van der Waals surface area contributed by atoms with E-state index in [9.17, 15) is 0 Å². The second-order valence-electron chi connectivity index (χ2n) is 20.7. The van der Waals surface area contributed by atoms with Crippen LogP contribution in [0, 0.1) is 0 Å². The molecule has 2 aromatic heterocycles. The zero-order valence-electron chi connectivity index (χ0n) is 41.6. The maximum absolute atomic E-state index is 6.73. The van der Waals surface area contributed by atoms with Gasteiger partial charge in [-0.1, -0.05) is 170 Å². The molecule has 0 fully saturated rings. The van der Waals surface area contributed by atoms with Gasteiger partial charge in [-0.3, -0.25) is 0 Å². The molecule has 17 rings (SSSR count). The molecule has 0 amide bonds. The summed E-state index contributed by atoms with van der Waals surface area (Å²) in [7, 11) is 0. The van der Waals surface area contributed by atoms with E-state index >= 15 is 0 Å². The molecule has 2 aliphatic rings. The largest absolute Gasteiger partial charge is 0.454 e. The van der Waals surface area contributed by atoms with Gasteiger partial charge in [-0.2, -0.15) is 0 Å². The van der Waals surface area contributed by atoms with E-state index in [4.69, 9.17) is 8.83 Å². The van der Waals surface area contributed by atoms with E-state index in [1.807, 2.05) is 12.1 Å². The van der Waals surface area contributed by atoms with Gasteiger partial charge >= 0.3 is 0 Å². The predicted octanol–water partition coefficient (Wildman–Crippen LogP) is 20.2. The molecule has 0 bridgehead atoms. The Labute approximate surface area is 443 Å². The van der Waals surface area contributed by atoms with Crippen LogP contribution in [-0.2, 0) is 5.41 Å². The minimum absolute atomic E-state index is 0.618. The van der Waals surface area contributed by atoms with Crippen molar-refractivity contribution < 1.29 is 8.83 Å². The molecule has 13 aromatic carbocycles. The van der Waals surface area contributed by atoms with Crippen LogP contribution in [0.15, 0.2) is 276 Å². The Morgan fingerprint density at radius 2 is 0.727 bits per heavy atom. The Bertz CT molecular complexity index is 4710. The monoisotopic (exact) mass is 980 g/mol. The summed E-state index contributed by atoms with van der Waals surface area (Å²) >= 11 is 0. The SMILES string of the molecule is c1ccc(N(c2ccc3cc4c(cc3c2)C2(c3cc5cc(N(c6ccccc6)c6cccc7c6oc6ccccc67)ccc5cc3-4)c3ccccc3-c3c2ccc2ccccc32)c2cccc3c2oc2ccccc23)cc1. The molecule has 358 valence electrons. The summed E-state index contributed by atoms with van der Waals surface area (Å²) < 4.78 is 13.5. The quantitative estimate of drug-likeness (QED) is 0.166. The van der Waals surface area contributed by atoms with E-state index in [-0.39, 0.29) is 0 Å². The van der Waals surface area contributed by atoms with E-state index < -0.39 is 5.41 Å². The molecule has 0 aliphatic heterocycles. The predicted molar refractivity (Wildman–Crippen MR) is 319 cm³/mol. The topological polar surface area (TPSA) is 32.8 Å². The Balaban J connectivity index is 0.911. The number of hydrogen-bond donors (Lipinski definition) is 0. The lowest BCUT2D eigenvalue weighted by Crippen LogP contribution is -2.26. The van der Waals surface area contributed by atoms with Gasteiger partial charge in [-0.05, 0) is 174 Å². The fraction of sp³-hybridized carbons (Fsp3) is 0.0137. The molecular weight excluding hydrogens is 937 g/mol. The molecule has 2 heterocycles. The second kappa shape index (κ2) is 15.9. The first-order valence-electron chi connectivity index (χ1n) is 26.5. The Morgan fingerprint density at radius 1 is 0.260 bits per heavy atom. The Morgan fingerprint density at radius 3 is 1.30 bits per heavy atom. The van der Waals surface area contributed by atoms with Crippen LogP contribution in [0.2, 0.25) is 0 Å². The highest BCUT2D eigenvalue weighted by atomic mass is 16.3. The number of hydrogen-bond acceptors (Lipinski definition) is 4. The molecule has 4 heteroatoms. The lowest BCUT2D eigenvalue weighted by Gasteiger charge is -2.31. The van der Waals surface area contributed by atoms with Crippen molar-refractivity contribution in [2.75, 3.05) is 9.80 Å². The van der Waals surface area contributed by atoms with Gasteiger partial charge in [0.15, 0.2) is 11.2 Å². The third-order valence-corrected chi connectivity index (χ3v) is 16.7. The number of rotatable bonds is 6. The number of para-hydroxylation sites is 6. The molecule has 0 atom stereocenters. The van der Waals surface area contributed by atoms with Crippen molar-refractivity contribution in [2.45, 2.75) is 5.41 Å². The Hall–Kier alpha value is -10.2. The average Bonchev–Trinajstić information content (AvgIpc) is 4.28. The summed E-state index contributed by atoms with van der Waals surface area (Å²) in [5.41, 5.74) is 19.4. The van der Waals surface area contributed by atoms with Gasteiger partial charge in [-0.15, -0.1) is 0 Å². The van der Waals surface area contributed by atoms with Crippen molar-refractivity contribution in [3.8, 4) is 22.3 Å². The molecule has 2 aliphatic carbocycles. The number of fused-ring (bicyclic) bond motifs is 20. The molecule has 0 saturated heterocycles. The number of furan rings is 2. The number of nitrogens with zero attached hydrogens (tertiary/aromatic N) is 2. The van der Waals surface area contributed by atoms with Crippen LogP contribution in [0.4, 0.5) is 34.1 Å². The van der Waals surface area contributed by atoms with E-state index in [0.717, 1.165) is 78.0 Å². The third kappa shape index (κ3) is 5.92. The van der Waals surface area contributed by atoms with Crippen molar-refractivity contribution in [2.24, 2.45) is 0 Å². The highest BCUT2D eigenvalue weighted by Crippen LogP contribution is 2.65. The van der Waals surface area contributed by atoms with Crippen molar-refractivity contribution in [1.29, 1.82) is 0 Å². The van der Waals surface area contributed by atoms with E-state index in [1.165, 1.54) is 76.8 Å². The van der Waals surface area contributed by atoms with Crippen LogP contribution in [0.3, 0.4) is 0 Å². The fourth-order valence-electron chi connectivity index (χ4n) is 13.5. The summed E-state index contributed by atoms with van der Waals surface area (Å²) in [4.78, 5) is 4.71. The zero-order valence-corrected chi connectivity index (χ0v) is 41.6. The molecule has 0 radical (unpaired) electrons.